The number of aliphatic hydroxyl groups excluding tert-OH is 3. The van der Waals surface area contributed by atoms with Gasteiger partial charge in [0.25, 0.3) is 0 Å². The molecule has 0 saturated carbocycles. The molecule has 0 saturated heterocycles. The van der Waals surface area contributed by atoms with Crippen LogP contribution >= 0.6 is 0 Å². The van der Waals surface area contributed by atoms with E-state index >= 15 is 0 Å². The summed E-state index contributed by atoms with van der Waals surface area (Å²) in [5.74, 6) is 0. The summed E-state index contributed by atoms with van der Waals surface area (Å²) in [7, 11) is 0. The summed E-state index contributed by atoms with van der Waals surface area (Å²) in [6.45, 7) is 3.81. The first kappa shape index (κ1) is 17.5. The highest BCUT2D eigenvalue weighted by molar-refractivity contribution is 5.64. The Morgan fingerprint density at radius 1 is 1.12 bits per heavy atom. The van der Waals surface area contributed by atoms with Gasteiger partial charge in [-0.05, 0) is 6.92 Å². The van der Waals surface area contributed by atoms with Gasteiger partial charge in [0.2, 0.25) is 0 Å². The third-order valence-electron chi connectivity index (χ3n) is 1.54. The molecule has 7 heteroatoms. The van der Waals surface area contributed by atoms with Crippen LogP contribution in [-0.4, -0.2) is 72.4 Å². The van der Waals surface area contributed by atoms with Crippen molar-refractivity contribution in [1.29, 1.82) is 0 Å². The van der Waals surface area contributed by atoms with Crippen molar-refractivity contribution >= 4 is 6.09 Å². The zero-order chi connectivity index (χ0) is 12.8. The third kappa shape index (κ3) is 15.6. The molecule has 0 bridgehead atoms. The van der Waals surface area contributed by atoms with Crippen molar-refractivity contribution in [2.24, 2.45) is 5.73 Å². The average molecular weight is 238 g/mol. The molecule has 0 atom stereocenters. The number of aliphatic hydroxyl groups is 3. The molecule has 0 fully saturated rings. The normalized spacial score (nSPS) is 9.56. The zero-order valence-electron chi connectivity index (χ0n) is 9.63. The van der Waals surface area contributed by atoms with Gasteiger partial charge in [-0.2, -0.15) is 0 Å². The summed E-state index contributed by atoms with van der Waals surface area (Å²) < 4.78 is 4.18. The third-order valence-corrected chi connectivity index (χ3v) is 1.54. The molecule has 0 aromatic rings. The number of hydrogen-bond donors (Lipinski definition) is 4. The topological polar surface area (TPSA) is 116 Å². The zero-order valence-corrected chi connectivity index (χ0v) is 9.63. The maximum atomic E-state index is 9.60. The Balaban J connectivity index is 0. The van der Waals surface area contributed by atoms with E-state index < -0.39 is 6.09 Å². The molecule has 0 aromatic carbocycles. The van der Waals surface area contributed by atoms with Crippen LogP contribution in [0.15, 0.2) is 0 Å². The molecule has 98 valence electrons. The summed E-state index contributed by atoms with van der Waals surface area (Å²) in [6.07, 6.45) is -0.711. The van der Waals surface area contributed by atoms with E-state index in [1.54, 1.807) is 11.8 Å². The average Bonchev–Trinajstić information content (AvgIpc) is 2.19. The van der Waals surface area contributed by atoms with Gasteiger partial charge in [0.1, 0.15) is 0 Å². The molecule has 0 rings (SSSR count). The Labute approximate surface area is 95.4 Å². The van der Waals surface area contributed by atoms with Crippen molar-refractivity contribution in [2.75, 3.05) is 46.1 Å². The Kier molecular flexibility index (Phi) is 15.4. The van der Waals surface area contributed by atoms with E-state index in [2.05, 4.69) is 10.5 Å². The summed E-state index contributed by atoms with van der Waals surface area (Å²) in [4.78, 5) is 11.4. The molecule has 16 heavy (non-hydrogen) atoms. The van der Waals surface area contributed by atoms with Gasteiger partial charge in [-0.15, -0.1) is 0 Å². The number of nitrogens with zero attached hydrogens (tertiary/aromatic N) is 1. The summed E-state index contributed by atoms with van der Waals surface area (Å²) in [5.41, 5.74) is 4.54. The second kappa shape index (κ2) is 14.1. The van der Waals surface area contributed by atoms with Crippen LogP contribution in [0.2, 0.25) is 0 Å². The van der Waals surface area contributed by atoms with Crippen LogP contribution in [0.3, 0.4) is 0 Å². The highest BCUT2D eigenvalue weighted by Gasteiger charge is 2.00. The van der Waals surface area contributed by atoms with Crippen LogP contribution in [0, 0.1) is 0 Å². The fraction of sp³-hybridized carbons (Fsp3) is 0.889. The summed E-state index contributed by atoms with van der Waals surface area (Å²) in [5, 5.41) is 25.5. The minimum Gasteiger partial charge on any atom is -0.450 e. The van der Waals surface area contributed by atoms with Gasteiger partial charge in [0.15, 0.2) is 0 Å². The number of amides is 1. The number of carbonyl (C=O) groups is 1. The Morgan fingerprint density at radius 3 is 1.62 bits per heavy atom. The van der Waals surface area contributed by atoms with Crippen LogP contribution in [0.5, 0.6) is 0 Å². The fourth-order valence-electron chi connectivity index (χ4n) is 0.902. The maximum Gasteiger partial charge on any atom is 0.404 e. The lowest BCUT2D eigenvalue weighted by Gasteiger charge is -2.17. The first-order valence-corrected chi connectivity index (χ1v) is 5.09. The van der Waals surface area contributed by atoms with Crippen molar-refractivity contribution in [3.8, 4) is 0 Å². The van der Waals surface area contributed by atoms with Gasteiger partial charge in [-0.3, -0.25) is 4.90 Å². The van der Waals surface area contributed by atoms with Crippen LogP contribution in [0.1, 0.15) is 6.92 Å². The SMILES string of the molecule is CCOC(N)=O.OCCN(CCO)CCO. The van der Waals surface area contributed by atoms with E-state index in [4.69, 9.17) is 15.3 Å². The van der Waals surface area contributed by atoms with Gasteiger partial charge in [0, 0.05) is 19.6 Å². The molecule has 1 amide bonds. The molecular weight excluding hydrogens is 216 g/mol. The molecule has 0 heterocycles. The molecule has 7 nitrogen and oxygen atoms in total. The van der Waals surface area contributed by atoms with Gasteiger partial charge < -0.3 is 25.8 Å². The van der Waals surface area contributed by atoms with Crippen molar-refractivity contribution in [1.82, 2.24) is 4.90 Å². The Hall–Kier alpha value is -0.890. The van der Waals surface area contributed by atoms with Crippen LogP contribution < -0.4 is 5.73 Å². The van der Waals surface area contributed by atoms with E-state index in [0.717, 1.165) is 0 Å². The van der Waals surface area contributed by atoms with E-state index in [0.29, 0.717) is 26.2 Å². The lowest BCUT2D eigenvalue weighted by molar-refractivity contribution is 0.136. The van der Waals surface area contributed by atoms with Crippen molar-refractivity contribution < 1.29 is 24.9 Å². The predicted molar refractivity (Wildman–Crippen MR) is 58.9 cm³/mol. The monoisotopic (exact) mass is 238 g/mol. The summed E-state index contributed by atoms with van der Waals surface area (Å²) >= 11 is 0. The maximum absolute atomic E-state index is 9.60. The molecular formula is C9H22N2O5. The van der Waals surface area contributed by atoms with E-state index in [-0.39, 0.29) is 19.8 Å². The first-order chi connectivity index (χ1) is 7.62. The smallest absolute Gasteiger partial charge is 0.404 e. The van der Waals surface area contributed by atoms with E-state index in [9.17, 15) is 4.79 Å². The standard InChI is InChI=1S/C6H15NO3.C3H7NO2/c8-4-1-7(2-5-9)3-6-10;1-2-6-3(4)5/h8-10H,1-6H2;2H2,1H3,(H2,4,5). The van der Waals surface area contributed by atoms with Gasteiger partial charge in [0.05, 0.1) is 26.4 Å². The fourth-order valence-corrected chi connectivity index (χ4v) is 0.902. The molecule has 0 aliphatic carbocycles. The van der Waals surface area contributed by atoms with Crippen LogP contribution in [0.4, 0.5) is 4.79 Å². The van der Waals surface area contributed by atoms with Gasteiger partial charge >= 0.3 is 6.09 Å². The number of ether oxygens (including phenoxy) is 1. The van der Waals surface area contributed by atoms with Crippen molar-refractivity contribution in [3.05, 3.63) is 0 Å². The molecule has 0 unspecified atom stereocenters. The van der Waals surface area contributed by atoms with Gasteiger partial charge in [-0.1, -0.05) is 0 Å². The minimum atomic E-state index is -0.711. The minimum absolute atomic E-state index is 0.0694. The molecule has 0 radical (unpaired) electrons. The summed E-state index contributed by atoms with van der Waals surface area (Å²) in [6, 6.07) is 0. The number of nitrogens with two attached hydrogens (primary N) is 1. The number of primary amides is 1. The van der Waals surface area contributed by atoms with E-state index in [1.165, 1.54) is 0 Å². The lowest BCUT2D eigenvalue weighted by Crippen LogP contribution is -2.32. The molecule has 0 aromatic heterocycles. The molecule has 0 spiro atoms. The highest BCUT2D eigenvalue weighted by atomic mass is 16.5. The van der Waals surface area contributed by atoms with E-state index in [1.807, 2.05) is 0 Å². The number of rotatable bonds is 7. The molecule has 0 aliphatic heterocycles. The molecule has 5 N–H and O–H groups in total. The van der Waals surface area contributed by atoms with Crippen molar-refractivity contribution in [2.45, 2.75) is 6.92 Å². The Morgan fingerprint density at radius 2 is 1.50 bits per heavy atom. The number of hydrogen-bond acceptors (Lipinski definition) is 6. The largest absolute Gasteiger partial charge is 0.450 e. The quantitative estimate of drug-likeness (QED) is 0.423. The first-order valence-electron chi connectivity index (χ1n) is 5.09. The molecule has 0 aliphatic rings. The van der Waals surface area contributed by atoms with Crippen molar-refractivity contribution in [3.63, 3.8) is 0 Å². The predicted octanol–water partition coefficient (Wildman–Crippen LogP) is -1.63. The van der Waals surface area contributed by atoms with Crippen LogP contribution in [0.25, 0.3) is 0 Å². The van der Waals surface area contributed by atoms with Crippen LogP contribution in [-0.2, 0) is 4.74 Å². The Bertz CT molecular complexity index is 143. The second-order valence-electron chi connectivity index (χ2n) is 2.76. The lowest BCUT2D eigenvalue weighted by atomic mass is 10.4. The number of carbonyl (C=O) groups excluding carboxylic acids is 1. The highest BCUT2D eigenvalue weighted by Crippen LogP contribution is 1.84. The van der Waals surface area contributed by atoms with Gasteiger partial charge in [-0.25, -0.2) is 4.79 Å². The second-order valence-corrected chi connectivity index (χ2v) is 2.76.